The second-order valence-corrected chi connectivity index (χ2v) is 5.91. The van der Waals surface area contributed by atoms with Crippen molar-refractivity contribution in [1.82, 2.24) is 5.32 Å². The summed E-state index contributed by atoms with van der Waals surface area (Å²) in [4.78, 5) is 0. The molecule has 3 heteroatoms. The van der Waals surface area contributed by atoms with Gasteiger partial charge in [0, 0.05) is 17.6 Å². The van der Waals surface area contributed by atoms with E-state index < -0.39 is 0 Å². The van der Waals surface area contributed by atoms with Gasteiger partial charge in [-0.25, -0.2) is 0 Å². The Morgan fingerprint density at radius 2 is 2.00 bits per heavy atom. The lowest BCUT2D eigenvalue weighted by Gasteiger charge is -2.39. The summed E-state index contributed by atoms with van der Waals surface area (Å²) in [5, 5.41) is 3.45. The SMILES string of the molecule is CNC(c1cc(C(C)C)ccc1OC)C1CC(N)C1. The maximum absolute atomic E-state index is 5.93. The fraction of sp³-hybridized carbons (Fsp3) is 0.625. The monoisotopic (exact) mass is 262 g/mol. The van der Waals surface area contributed by atoms with Crippen molar-refractivity contribution in [2.24, 2.45) is 11.7 Å². The Labute approximate surface area is 116 Å². The number of nitrogens with two attached hydrogens (primary N) is 1. The van der Waals surface area contributed by atoms with Gasteiger partial charge >= 0.3 is 0 Å². The molecule has 3 nitrogen and oxygen atoms in total. The fourth-order valence-electron chi connectivity index (χ4n) is 2.98. The van der Waals surface area contributed by atoms with Crippen LogP contribution in [0.4, 0.5) is 0 Å². The standard InChI is InChI=1S/C16H26N2O/c1-10(2)11-5-6-15(19-4)14(9-11)16(18-3)12-7-13(17)8-12/h5-6,9-10,12-13,16,18H,7-8,17H2,1-4H3. The van der Waals surface area contributed by atoms with Crippen LogP contribution < -0.4 is 15.8 Å². The van der Waals surface area contributed by atoms with Crippen LogP contribution in [0.5, 0.6) is 5.75 Å². The normalized spacial score (nSPS) is 24.1. The predicted molar refractivity (Wildman–Crippen MR) is 79.6 cm³/mol. The van der Waals surface area contributed by atoms with E-state index in [1.807, 2.05) is 7.05 Å². The minimum absolute atomic E-state index is 0.341. The van der Waals surface area contributed by atoms with Crippen molar-refractivity contribution in [3.8, 4) is 5.75 Å². The highest BCUT2D eigenvalue weighted by Gasteiger charge is 2.34. The lowest BCUT2D eigenvalue weighted by atomic mass is 9.73. The summed E-state index contributed by atoms with van der Waals surface area (Å²) in [5.74, 6) is 2.13. The maximum Gasteiger partial charge on any atom is 0.123 e. The molecule has 0 amide bonds. The summed E-state index contributed by atoms with van der Waals surface area (Å²) in [6, 6.07) is 7.25. The average molecular weight is 262 g/mol. The van der Waals surface area contributed by atoms with E-state index in [0.29, 0.717) is 23.9 Å². The van der Waals surface area contributed by atoms with Crippen molar-refractivity contribution in [2.45, 2.75) is 44.7 Å². The van der Waals surface area contributed by atoms with Gasteiger partial charge in [0.2, 0.25) is 0 Å². The van der Waals surface area contributed by atoms with Crippen LogP contribution in [0.25, 0.3) is 0 Å². The zero-order chi connectivity index (χ0) is 14.0. The lowest BCUT2D eigenvalue weighted by molar-refractivity contribution is 0.201. The fourth-order valence-corrected chi connectivity index (χ4v) is 2.98. The summed E-state index contributed by atoms with van der Waals surface area (Å²) < 4.78 is 5.54. The molecule has 1 fully saturated rings. The van der Waals surface area contributed by atoms with E-state index in [0.717, 1.165) is 18.6 Å². The quantitative estimate of drug-likeness (QED) is 0.858. The van der Waals surface area contributed by atoms with Gasteiger partial charge in [-0.2, -0.15) is 0 Å². The Morgan fingerprint density at radius 3 is 2.47 bits per heavy atom. The summed E-state index contributed by atoms with van der Waals surface area (Å²) in [6.07, 6.45) is 2.20. The van der Waals surface area contributed by atoms with Gasteiger partial charge in [-0.3, -0.25) is 0 Å². The Bertz CT molecular complexity index is 425. The molecule has 1 aliphatic carbocycles. The largest absolute Gasteiger partial charge is 0.496 e. The number of benzene rings is 1. The van der Waals surface area contributed by atoms with E-state index in [1.165, 1.54) is 11.1 Å². The first kappa shape index (κ1) is 14.4. The molecule has 2 rings (SSSR count). The molecule has 1 saturated carbocycles. The molecule has 1 aromatic carbocycles. The van der Waals surface area contributed by atoms with Gasteiger partial charge < -0.3 is 15.8 Å². The third kappa shape index (κ3) is 2.93. The zero-order valence-electron chi connectivity index (χ0n) is 12.4. The van der Waals surface area contributed by atoms with E-state index in [-0.39, 0.29) is 0 Å². The third-order valence-electron chi connectivity index (χ3n) is 4.25. The van der Waals surface area contributed by atoms with Crippen LogP contribution >= 0.6 is 0 Å². The van der Waals surface area contributed by atoms with Gasteiger partial charge in [0.15, 0.2) is 0 Å². The lowest BCUT2D eigenvalue weighted by Crippen LogP contribution is -2.42. The van der Waals surface area contributed by atoms with Gasteiger partial charge in [-0.05, 0) is 43.4 Å². The first-order valence-electron chi connectivity index (χ1n) is 7.17. The van der Waals surface area contributed by atoms with Crippen LogP contribution in [0.2, 0.25) is 0 Å². The summed E-state index contributed by atoms with van der Waals surface area (Å²) in [7, 11) is 3.77. The van der Waals surface area contributed by atoms with Crippen molar-refractivity contribution in [3.05, 3.63) is 29.3 Å². The molecule has 1 unspecified atom stereocenters. The van der Waals surface area contributed by atoms with E-state index >= 15 is 0 Å². The van der Waals surface area contributed by atoms with Crippen molar-refractivity contribution in [2.75, 3.05) is 14.2 Å². The molecule has 1 aliphatic rings. The number of rotatable bonds is 5. The van der Waals surface area contributed by atoms with Gasteiger partial charge in [0.05, 0.1) is 7.11 Å². The number of methoxy groups -OCH3 is 1. The van der Waals surface area contributed by atoms with Crippen LogP contribution in [0.1, 0.15) is 49.8 Å². The van der Waals surface area contributed by atoms with Gasteiger partial charge in [0.1, 0.15) is 5.75 Å². The molecule has 1 atom stereocenters. The number of ether oxygens (including phenoxy) is 1. The minimum atomic E-state index is 0.341. The molecule has 0 aliphatic heterocycles. The summed E-state index contributed by atoms with van der Waals surface area (Å²) in [5.41, 5.74) is 8.56. The van der Waals surface area contributed by atoms with Crippen LogP contribution in [0, 0.1) is 5.92 Å². The molecule has 3 N–H and O–H groups in total. The smallest absolute Gasteiger partial charge is 0.123 e. The van der Waals surface area contributed by atoms with E-state index in [2.05, 4.69) is 37.4 Å². The van der Waals surface area contributed by atoms with Crippen LogP contribution in [0.15, 0.2) is 18.2 Å². The Balaban J connectivity index is 2.31. The number of nitrogens with one attached hydrogen (secondary N) is 1. The van der Waals surface area contributed by atoms with Gasteiger partial charge in [-0.1, -0.05) is 26.0 Å². The van der Waals surface area contributed by atoms with E-state index in [9.17, 15) is 0 Å². The highest BCUT2D eigenvalue weighted by Crippen LogP contribution is 2.40. The second-order valence-electron chi connectivity index (χ2n) is 5.91. The number of hydrogen-bond donors (Lipinski definition) is 2. The Hall–Kier alpha value is -1.06. The molecule has 1 aromatic rings. The molecular weight excluding hydrogens is 236 g/mol. The molecular formula is C16H26N2O. The molecule has 0 heterocycles. The highest BCUT2D eigenvalue weighted by atomic mass is 16.5. The molecule has 19 heavy (non-hydrogen) atoms. The maximum atomic E-state index is 5.93. The molecule has 0 aromatic heterocycles. The van der Waals surface area contributed by atoms with Crippen molar-refractivity contribution < 1.29 is 4.74 Å². The Morgan fingerprint density at radius 1 is 1.32 bits per heavy atom. The second kappa shape index (κ2) is 5.93. The number of hydrogen-bond acceptors (Lipinski definition) is 3. The molecule has 106 valence electrons. The summed E-state index contributed by atoms with van der Waals surface area (Å²) >= 11 is 0. The first-order valence-corrected chi connectivity index (χ1v) is 7.17. The molecule has 0 bridgehead atoms. The van der Waals surface area contributed by atoms with E-state index in [4.69, 9.17) is 10.5 Å². The van der Waals surface area contributed by atoms with Crippen molar-refractivity contribution in [3.63, 3.8) is 0 Å². The Kier molecular flexibility index (Phi) is 4.48. The van der Waals surface area contributed by atoms with Crippen LogP contribution in [-0.4, -0.2) is 20.2 Å². The van der Waals surface area contributed by atoms with E-state index in [1.54, 1.807) is 7.11 Å². The third-order valence-corrected chi connectivity index (χ3v) is 4.25. The zero-order valence-corrected chi connectivity index (χ0v) is 12.4. The molecule has 0 radical (unpaired) electrons. The van der Waals surface area contributed by atoms with Gasteiger partial charge in [-0.15, -0.1) is 0 Å². The molecule has 0 spiro atoms. The van der Waals surface area contributed by atoms with Crippen LogP contribution in [0.3, 0.4) is 0 Å². The van der Waals surface area contributed by atoms with Crippen LogP contribution in [-0.2, 0) is 0 Å². The average Bonchev–Trinajstić information content (AvgIpc) is 2.37. The van der Waals surface area contributed by atoms with Gasteiger partial charge in [0.25, 0.3) is 0 Å². The highest BCUT2D eigenvalue weighted by molar-refractivity contribution is 5.41. The topological polar surface area (TPSA) is 47.3 Å². The van der Waals surface area contributed by atoms with Crippen molar-refractivity contribution in [1.29, 1.82) is 0 Å². The molecule has 0 saturated heterocycles. The van der Waals surface area contributed by atoms with Crippen molar-refractivity contribution >= 4 is 0 Å². The first-order chi connectivity index (χ1) is 9.06. The predicted octanol–water partition coefficient (Wildman–Crippen LogP) is 2.82. The summed E-state index contributed by atoms with van der Waals surface area (Å²) in [6.45, 7) is 4.44. The minimum Gasteiger partial charge on any atom is -0.496 e.